The van der Waals surface area contributed by atoms with Crippen molar-refractivity contribution in [2.75, 3.05) is 0 Å². The van der Waals surface area contributed by atoms with Crippen LogP contribution in [0.2, 0.25) is 0 Å². The van der Waals surface area contributed by atoms with Gasteiger partial charge < -0.3 is 18.2 Å². The van der Waals surface area contributed by atoms with Crippen molar-refractivity contribution in [1.29, 1.82) is 0 Å². The standard InChI is InChI=1S/2H2O4S.2Sr/c2*1-5(2,3)4;;/h2*(H2,1,2,3,4);;/q;;2*+2/p-4. The summed E-state index contributed by atoms with van der Waals surface area (Å²) in [4.78, 5) is 0. The Balaban J connectivity index is -0.0000000457. The van der Waals surface area contributed by atoms with Crippen LogP contribution in [0.4, 0.5) is 0 Å². The predicted octanol–water partition coefficient (Wildman–Crippen LogP) is -3.44. The molecule has 0 radical (unpaired) electrons. The summed E-state index contributed by atoms with van der Waals surface area (Å²) in [6.45, 7) is 0. The van der Waals surface area contributed by atoms with Gasteiger partial charge in [-0.3, -0.25) is 16.8 Å². The minimum atomic E-state index is -5.17. The van der Waals surface area contributed by atoms with Gasteiger partial charge in [0.25, 0.3) is 0 Å². The van der Waals surface area contributed by atoms with E-state index in [-0.39, 0.29) is 91.0 Å². The third kappa shape index (κ3) is 238. The second-order valence-electron chi connectivity index (χ2n) is 0.816. The van der Waals surface area contributed by atoms with Crippen LogP contribution in [0.3, 0.4) is 0 Å². The van der Waals surface area contributed by atoms with E-state index in [1.807, 2.05) is 0 Å². The van der Waals surface area contributed by atoms with E-state index in [1.165, 1.54) is 0 Å². The second kappa shape index (κ2) is 10.2. The van der Waals surface area contributed by atoms with Crippen molar-refractivity contribution in [3.05, 3.63) is 0 Å². The Hall–Kier alpha value is 2.70. The van der Waals surface area contributed by atoms with Crippen LogP contribution in [0.1, 0.15) is 0 Å². The van der Waals surface area contributed by atoms with Gasteiger partial charge in [-0.1, -0.05) is 0 Å². The molecular weight excluding hydrogens is 367 g/mol. The molecule has 0 fully saturated rings. The molecule has 0 atom stereocenters. The molecule has 12 heteroatoms. The van der Waals surface area contributed by atoms with Crippen LogP contribution in [-0.2, 0) is 20.8 Å². The fourth-order valence-corrected chi connectivity index (χ4v) is 0. The molecule has 0 aromatic rings. The number of rotatable bonds is 0. The Morgan fingerprint density at radius 3 is 0.583 bits per heavy atom. The molecule has 0 bridgehead atoms. The van der Waals surface area contributed by atoms with E-state index in [0.29, 0.717) is 0 Å². The van der Waals surface area contributed by atoms with E-state index in [4.69, 9.17) is 35.0 Å². The molecule has 0 saturated carbocycles. The van der Waals surface area contributed by atoms with Crippen molar-refractivity contribution >= 4 is 112 Å². The minimum absolute atomic E-state index is 0. The van der Waals surface area contributed by atoms with Crippen LogP contribution in [0.15, 0.2) is 0 Å². The van der Waals surface area contributed by atoms with Crippen molar-refractivity contribution < 1.29 is 35.0 Å². The number of hydrogen-bond acceptors (Lipinski definition) is 8. The summed E-state index contributed by atoms with van der Waals surface area (Å²) < 4.78 is 68.2. The van der Waals surface area contributed by atoms with Crippen LogP contribution >= 0.6 is 0 Å². The first kappa shape index (κ1) is 24.1. The summed E-state index contributed by atoms with van der Waals surface area (Å²) in [5.74, 6) is 0. The first-order chi connectivity index (χ1) is 4.00. The van der Waals surface area contributed by atoms with E-state index in [2.05, 4.69) is 0 Å². The molecule has 8 nitrogen and oxygen atoms in total. The molecule has 0 saturated heterocycles. The molecule has 0 unspecified atom stereocenters. The zero-order valence-corrected chi connectivity index (χ0v) is 14.1. The quantitative estimate of drug-likeness (QED) is 0.243. The van der Waals surface area contributed by atoms with Crippen molar-refractivity contribution in [2.45, 2.75) is 0 Å². The van der Waals surface area contributed by atoms with E-state index in [0.717, 1.165) is 0 Å². The fourth-order valence-electron chi connectivity index (χ4n) is 0. The Labute approximate surface area is 143 Å². The SMILES string of the molecule is O=S(=O)([O-])[O-].O=S(=O)([O-])[O-].[Sr+2].[Sr+2]. The second-order valence-corrected chi connectivity index (χ2v) is 2.45. The molecular formula is O8S2Sr2. The summed E-state index contributed by atoms with van der Waals surface area (Å²) in [7, 11) is -10.3. The van der Waals surface area contributed by atoms with Gasteiger partial charge in [-0.15, -0.1) is 0 Å². The molecule has 12 heavy (non-hydrogen) atoms. The number of hydrogen-bond donors (Lipinski definition) is 0. The first-order valence-electron chi connectivity index (χ1n) is 1.33. The molecule has 0 rings (SSSR count). The Kier molecular flexibility index (Phi) is 20.5. The predicted molar refractivity (Wildman–Crippen MR) is 32.5 cm³/mol. The molecule has 0 aliphatic rings. The van der Waals surface area contributed by atoms with Gasteiger partial charge in [-0.25, -0.2) is 0 Å². The van der Waals surface area contributed by atoms with Gasteiger partial charge in [-0.05, 0) is 0 Å². The maximum absolute atomic E-state index is 8.52. The smallest absolute Gasteiger partial charge is 0.759 e. The third-order valence-electron chi connectivity index (χ3n) is 0. The molecule has 0 heterocycles. The summed E-state index contributed by atoms with van der Waals surface area (Å²) in [6.07, 6.45) is 0. The molecule has 0 amide bonds. The minimum Gasteiger partial charge on any atom is -0.759 e. The summed E-state index contributed by atoms with van der Waals surface area (Å²) in [5, 5.41) is 0. The zero-order chi connectivity index (χ0) is 9.00. The van der Waals surface area contributed by atoms with Gasteiger partial charge >= 0.3 is 91.0 Å². The van der Waals surface area contributed by atoms with Gasteiger partial charge in [-0.2, -0.15) is 0 Å². The molecule has 0 aliphatic carbocycles. The zero-order valence-electron chi connectivity index (χ0n) is 5.50. The molecule has 0 aliphatic heterocycles. The molecule has 0 spiro atoms. The summed E-state index contributed by atoms with van der Waals surface area (Å²) in [6, 6.07) is 0. The van der Waals surface area contributed by atoms with Crippen LogP contribution in [0, 0.1) is 0 Å². The van der Waals surface area contributed by atoms with Gasteiger partial charge in [0, 0.05) is 20.8 Å². The van der Waals surface area contributed by atoms with Crippen LogP contribution in [0.5, 0.6) is 0 Å². The van der Waals surface area contributed by atoms with E-state index in [1.54, 1.807) is 0 Å². The fraction of sp³-hybridized carbons (Fsp3) is 0. The van der Waals surface area contributed by atoms with Gasteiger partial charge in [0.15, 0.2) is 0 Å². The molecule has 64 valence electrons. The van der Waals surface area contributed by atoms with Crippen molar-refractivity contribution in [3.63, 3.8) is 0 Å². The van der Waals surface area contributed by atoms with Crippen LogP contribution in [-0.4, -0.2) is 126 Å². The monoisotopic (exact) mass is 368 g/mol. The van der Waals surface area contributed by atoms with Gasteiger partial charge in [0.2, 0.25) is 0 Å². The average Bonchev–Trinajstić information content (AvgIpc) is 1.12. The van der Waals surface area contributed by atoms with Crippen molar-refractivity contribution in [2.24, 2.45) is 0 Å². The van der Waals surface area contributed by atoms with E-state index < -0.39 is 20.8 Å². The topological polar surface area (TPSA) is 161 Å². The average molecular weight is 367 g/mol. The Morgan fingerprint density at radius 1 is 0.583 bits per heavy atom. The first-order valence-corrected chi connectivity index (χ1v) is 4.00. The normalized spacial score (nSPS) is 9.67. The molecule has 0 N–H and O–H groups in total. The van der Waals surface area contributed by atoms with E-state index in [9.17, 15) is 0 Å². The molecule has 0 aromatic heterocycles. The maximum Gasteiger partial charge on any atom is 2.00 e. The van der Waals surface area contributed by atoms with Crippen LogP contribution < -0.4 is 0 Å². The van der Waals surface area contributed by atoms with E-state index >= 15 is 0 Å². The Morgan fingerprint density at radius 2 is 0.583 bits per heavy atom. The Bertz CT molecular complexity index is 211. The van der Waals surface area contributed by atoms with Crippen LogP contribution in [0.25, 0.3) is 0 Å². The summed E-state index contributed by atoms with van der Waals surface area (Å²) in [5.41, 5.74) is 0. The van der Waals surface area contributed by atoms with Crippen molar-refractivity contribution in [3.8, 4) is 0 Å². The van der Waals surface area contributed by atoms with Gasteiger partial charge in [0.1, 0.15) is 0 Å². The maximum atomic E-state index is 8.52. The third-order valence-corrected chi connectivity index (χ3v) is 0. The van der Waals surface area contributed by atoms with Gasteiger partial charge in [0.05, 0.1) is 0 Å². The summed E-state index contributed by atoms with van der Waals surface area (Å²) >= 11 is 0. The largest absolute Gasteiger partial charge is 2.00 e. The van der Waals surface area contributed by atoms with Crippen molar-refractivity contribution in [1.82, 2.24) is 0 Å². The molecule has 0 aromatic carbocycles.